The molecule has 1 rings (SSSR count). The average Bonchev–Trinajstić information content (AvgIpc) is 2.16. The van der Waals surface area contributed by atoms with Crippen molar-refractivity contribution in [1.82, 2.24) is 10.3 Å². The molecule has 19 heavy (non-hydrogen) atoms. The van der Waals surface area contributed by atoms with Crippen LogP contribution in [0, 0.1) is 5.41 Å². The number of nitrogens with two attached hydrogens (primary N) is 1. The van der Waals surface area contributed by atoms with Crippen molar-refractivity contribution in [3.63, 3.8) is 0 Å². The number of nitrogens with one attached hydrogen (secondary N) is 1. The number of carbonyl (C=O) groups is 1. The van der Waals surface area contributed by atoms with Crippen LogP contribution in [0.25, 0.3) is 0 Å². The molecular formula is C14H22ClN3O. The molecule has 106 valence electrons. The highest BCUT2D eigenvalue weighted by atomic mass is 35.5. The first-order valence-corrected chi connectivity index (χ1v) is 6.61. The van der Waals surface area contributed by atoms with Gasteiger partial charge in [0.05, 0.1) is 10.6 Å². The van der Waals surface area contributed by atoms with Gasteiger partial charge in [-0.15, -0.1) is 0 Å². The molecule has 3 N–H and O–H groups in total. The summed E-state index contributed by atoms with van der Waals surface area (Å²) in [4.78, 5) is 16.1. The lowest BCUT2D eigenvalue weighted by Gasteiger charge is -2.33. The minimum Gasteiger partial charge on any atom is -0.384 e. The van der Waals surface area contributed by atoms with E-state index in [1.54, 1.807) is 0 Å². The molecule has 1 amide bonds. The standard InChI is InChI=1S/C14H22ClN3O/c1-13(2,3)8-14(4,5)18-12(19)9-6-11(16)17-7-10(9)15/h6-7H,8H2,1-5H3,(H2,16,17)(H,18,19). The van der Waals surface area contributed by atoms with Gasteiger partial charge in [0.2, 0.25) is 0 Å². The molecule has 0 atom stereocenters. The number of halogens is 1. The highest BCUT2D eigenvalue weighted by molar-refractivity contribution is 6.33. The maximum absolute atomic E-state index is 12.2. The minimum absolute atomic E-state index is 0.123. The van der Waals surface area contributed by atoms with E-state index in [0.29, 0.717) is 10.6 Å². The molecule has 0 unspecified atom stereocenters. The fourth-order valence-corrected chi connectivity index (χ4v) is 2.56. The fraction of sp³-hybridized carbons (Fsp3) is 0.571. The molecule has 0 radical (unpaired) electrons. The van der Waals surface area contributed by atoms with Gasteiger partial charge in [-0.25, -0.2) is 4.98 Å². The van der Waals surface area contributed by atoms with Crippen molar-refractivity contribution in [2.45, 2.75) is 46.6 Å². The molecule has 0 aliphatic carbocycles. The number of pyridine rings is 1. The Labute approximate surface area is 119 Å². The maximum Gasteiger partial charge on any atom is 0.253 e. The van der Waals surface area contributed by atoms with E-state index in [4.69, 9.17) is 17.3 Å². The molecule has 0 fully saturated rings. The van der Waals surface area contributed by atoms with Crippen LogP contribution < -0.4 is 11.1 Å². The zero-order valence-corrected chi connectivity index (χ0v) is 12.9. The van der Waals surface area contributed by atoms with Crippen molar-refractivity contribution < 1.29 is 4.79 Å². The zero-order chi connectivity index (χ0) is 14.8. The molecule has 0 aromatic carbocycles. The van der Waals surface area contributed by atoms with Crippen LogP contribution in [-0.4, -0.2) is 16.4 Å². The van der Waals surface area contributed by atoms with Crippen molar-refractivity contribution in [1.29, 1.82) is 0 Å². The van der Waals surface area contributed by atoms with Gasteiger partial charge in [0, 0.05) is 11.7 Å². The van der Waals surface area contributed by atoms with Crippen molar-refractivity contribution in [3.8, 4) is 0 Å². The molecule has 0 saturated carbocycles. The predicted molar refractivity (Wildman–Crippen MR) is 79.3 cm³/mol. The van der Waals surface area contributed by atoms with Crippen molar-refractivity contribution >= 4 is 23.3 Å². The Morgan fingerprint density at radius 1 is 1.37 bits per heavy atom. The molecule has 0 aliphatic rings. The van der Waals surface area contributed by atoms with Crippen molar-refractivity contribution in [3.05, 3.63) is 22.8 Å². The van der Waals surface area contributed by atoms with Crippen LogP contribution in [0.15, 0.2) is 12.3 Å². The lowest BCUT2D eigenvalue weighted by atomic mass is 9.81. The monoisotopic (exact) mass is 283 g/mol. The van der Waals surface area contributed by atoms with Crippen LogP contribution in [0.2, 0.25) is 5.02 Å². The SMILES string of the molecule is CC(C)(C)CC(C)(C)NC(=O)c1cc(N)ncc1Cl. The first kappa shape index (κ1) is 15.8. The Bertz CT molecular complexity index is 478. The molecule has 0 aliphatic heterocycles. The Morgan fingerprint density at radius 3 is 2.47 bits per heavy atom. The van der Waals surface area contributed by atoms with Gasteiger partial charge in [-0.2, -0.15) is 0 Å². The van der Waals surface area contributed by atoms with Gasteiger partial charge in [-0.3, -0.25) is 4.79 Å². The first-order valence-electron chi connectivity index (χ1n) is 6.24. The molecule has 0 bridgehead atoms. The van der Waals surface area contributed by atoms with Gasteiger partial charge >= 0.3 is 0 Å². The second kappa shape index (κ2) is 5.37. The van der Waals surface area contributed by atoms with Gasteiger partial charge < -0.3 is 11.1 Å². The highest BCUT2D eigenvalue weighted by Gasteiger charge is 2.28. The molecule has 0 spiro atoms. The smallest absolute Gasteiger partial charge is 0.253 e. The average molecular weight is 284 g/mol. The van der Waals surface area contributed by atoms with Gasteiger partial charge in [-0.1, -0.05) is 32.4 Å². The van der Waals surface area contributed by atoms with E-state index >= 15 is 0 Å². The van der Waals surface area contributed by atoms with Crippen LogP contribution in [0.3, 0.4) is 0 Å². The Kier molecular flexibility index (Phi) is 4.46. The van der Waals surface area contributed by atoms with Crippen LogP contribution in [-0.2, 0) is 0 Å². The molecule has 4 nitrogen and oxygen atoms in total. The number of carbonyl (C=O) groups excluding carboxylic acids is 1. The van der Waals surface area contributed by atoms with E-state index in [2.05, 4.69) is 31.1 Å². The summed E-state index contributed by atoms with van der Waals surface area (Å²) in [5, 5.41) is 3.29. The summed E-state index contributed by atoms with van der Waals surface area (Å²) < 4.78 is 0. The third kappa shape index (κ3) is 5.07. The molecular weight excluding hydrogens is 262 g/mol. The maximum atomic E-state index is 12.2. The Morgan fingerprint density at radius 2 is 1.95 bits per heavy atom. The lowest BCUT2D eigenvalue weighted by molar-refractivity contribution is 0.0891. The topological polar surface area (TPSA) is 68.0 Å². The quantitative estimate of drug-likeness (QED) is 0.895. The molecule has 0 saturated heterocycles. The number of anilines is 1. The summed E-state index contributed by atoms with van der Waals surface area (Å²) in [6.45, 7) is 10.4. The summed E-state index contributed by atoms with van der Waals surface area (Å²) >= 11 is 5.97. The molecule has 1 aromatic rings. The van der Waals surface area contributed by atoms with E-state index in [1.165, 1.54) is 12.3 Å². The van der Waals surface area contributed by atoms with Gasteiger partial charge in [0.25, 0.3) is 5.91 Å². The Balaban J connectivity index is 2.87. The Hall–Kier alpha value is -1.29. The number of nitrogens with zero attached hydrogens (tertiary/aromatic N) is 1. The number of aromatic nitrogens is 1. The summed E-state index contributed by atoms with van der Waals surface area (Å²) in [7, 11) is 0. The van der Waals surface area contributed by atoms with E-state index in [0.717, 1.165) is 6.42 Å². The summed E-state index contributed by atoms with van der Waals surface area (Å²) in [5.41, 5.74) is 5.74. The van der Waals surface area contributed by atoms with E-state index in [9.17, 15) is 4.79 Å². The summed E-state index contributed by atoms with van der Waals surface area (Å²) in [6, 6.07) is 1.49. The molecule has 1 aromatic heterocycles. The van der Waals surface area contributed by atoms with Crippen molar-refractivity contribution in [2.75, 3.05) is 5.73 Å². The normalized spacial score (nSPS) is 12.3. The van der Waals surface area contributed by atoms with Crippen LogP contribution in [0.5, 0.6) is 0 Å². The largest absolute Gasteiger partial charge is 0.384 e. The number of hydrogen-bond acceptors (Lipinski definition) is 3. The van der Waals surface area contributed by atoms with Crippen molar-refractivity contribution in [2.24, 2.45) is 5.41 Å². The zero-order valence-electron chi connectivity index (χ0n) is 12.2. The number of rotatable bonds is 3. The lowest BCUT2D eigenvalue weighted by Crippen LogP contribution is -2.45. The summed E-state index contributed by atoms with van der Waals surface area (Å²) in [6.07, 6.45) is 2.24. The van der Waals surface area contributed by atoms with Gasteiger partial charge in [0.1, 0.15) is 5.82 Å². The molecule has 5 heteroatoms. The van der Waals surface area contributed by atoms with E-state index < -0.39 is 0 Å². The van der Waals surface area contributed by atoms with E-state index in [-0.39, 0.29) is 22.7 Å². The second-order valence-corrected chi connectivity index (χ2v) is 7.07. The predicted octanol–water partition coefficient (Wildman–Crippen LogP) is 3.26. The first-order chi connectivity index (χ1) is 8.50. The second-order valence-electron chi connectivity index (χ2n) is 6.66. The van der Waals surface area contributed by atoms with Gasteiger partial charge in [-0.05, 0) is 31.7 Å². The van der Waals surface area contributed by atoms with Crippen LogP contribution in [0.1, 0.15) is 51.4 Å². The highest BCUT2D eigenvalue weighted by Crippen LogP contribution is 2.27. The number of hydrogen-bond donors (Lipinski definition) is 2. The number of nitrogen functional groups attached to an aromatic ring is 1. The third-order valence-corrected chi connectivity index (χ3v) is 2.85. The number of amides is 1. The van der Waals surface area contributed by atoms with Crippen LogP contribution >= 0.6 is 11.6 Å². The van der Waals surface area contributed by atoms with Gasteiger partial charge in [0.15, 0.2) is 0 Å². The fourth-order valence-electron chi connectivity index (χ4n) is 2.37. The van der Waals surface area contributed by atoms with Crippen LogP contribution in [0.4, 0.5) is 5.82 Å². The summed E-state index contributed by atoms with van der Waals surface area (Å²) in [5.74, 6) is 0.0523. The minimum atomic E-state index is -0.323. The van der Waals surface area contributed by atoms with E-state index in [1.807, 2.05) is 13.8 Å². The third-order valence-electron chi connectivity index (χ3n) is 2.55. The molecule has 1 heterocycles.